The number of hydrogen-bond acceptors (Lipinski definition) is 4. The van der Waals surface area contributed by atoms with Crippen LogP contribution in [-0.4, -0.2) is 22.0 Å². The number of rotatable bonds is 2. The molecule has 0 unspecified atom stereocenters. The number of alkyl halides is 3. The molecule has 6 nitrogen and oxygen atoms in total. The normalized spacial score (nSPS) is 18.9. The smallest absolute Gasteiger partial charge is 0.350 e. The number of amides is 1. The average molecular weight is 319 g/mol. The third kappa shape index (κ3) is 2.66. The highest BCUT2D eigenvalue weighted by molar-refractivity contribution is 7.80. The highest BCUT2D eigenvalue weighted by Gasteiger charge is 2.40. The molecule has 21 heavy (non-hydrogen) atoms. The van der Waals surface area contributed by atoms with Gasteiger partial charge in [-0.25, -0.2) is 0 Å². The first-order valence-electron chi connectivity index (χ1n) is 5.63. The van der Waals surface area contributed by atoms with Crippen molar-refractivity contribution in [2.45, 2.75) is 19.1 Å². The van der Waals surface area contributed by atoms with Crippen molar-refractivity contribution < 1.29 is 22.9 Å². The van der Waals surface area contributed by atoms with Gasteiger partial charge in [0.25, 0.3) is 11.6 Å². The summed E-state index contributed by atoms with van der Waals surface area (Å²) >= 11 is 4.88. The quantitative estimate of drug-likeness (QED) is 0.514. The molecular weight excluding hydrogens is 311 g/mol. The highest BCUT2D eigenvalue weighted by atomic mass is 32.1. The van der Waals surface area contributed by atoms with E-state index in [-0.39, 0.29) is 10.8 Å². The molecule has 1 aliphatic heterocycles. The fourth-order valence-electron chi connectivity index (χ4n) is 1.90. The molecule has 0 radical (unpaired) electrons. The maximum Gasteiger partial charge on any atom is 0.423 e. The van der Waals surface area contributed by atoms with Crippen LogP contribution in [0.5, 0.6) is 0 Å². The van der Waals surface area contributed by atoms with Gasteiger partial charge in [-0.3, -0.25) is 19.8 Å². The Morgan fingerprint density at radius 3 is 2.48 bits per heavy atom. The van der Waals surface area contributed by atoms with Crippen molar-refractivity contribution >= 4 is 34.6 Å². The van der Waals surface area contributed by atoms with E-state index in [4.69, 9.17) is 12.2 Å². The maximum absolute atomic E-state index is 12.9. The van der Waals surface area contributed by atoms with E-state index in [0.717, 1.165) is 11.0 Å². The van der Waals surface area contributed by atoms with Crippen molar-refractivity contribution in [3.05, 3.63) is 33.9 Å². The maximum atomic E-state index is 12.9. The Morgan fingerprint density at radius 2 is 2.05 bits per heavy atom. The molecule has 1 amide bonds. The van der Waals surface area contributed by atoms with Crippen LogP contribution in [0.4, 0.5) is 24.5 Å². The van der Waals surface area contributed by atoms with Gasteiger partial charge in [-0.1, -0.05) is 0 Å². The molecule has 0 bridgehead atoms. The lowest BCUT2D eigenvalue weighted by Crippen LogP contribution is -2.31. The lowest BCUT2D eigenvalue weighted by Gasteiger charge is -2.16. The second kappa shape index (κ2) is 4.95. The lowest BCUT2D eigenvalue weighted by atomic mass is 10.1. The van der Waals surface area contributed by atoms with E-state index in [9.17, 15) is 28.1 Å². The minimum Gasteiger partial charge on any atom is -0.350 e. The fraction of sp³-hybridized carbons (Fsp3) is 0.273. The first-order chi connectivity index (χ1) is 9.62. The van der Waals surface area contributed by atoms with Gasteiger partial charge in [0, 0.05) is 6.07 Å². The topological polar surface area (TPSA) is 75.5 Å². The lowest BCUT2D eigenvalue weighted by molar-refractivity contribution is -0.388. The highest BCUT2D eigenvalue weighted by Crippen LogP contribution is 2.38. The molecule has 0 aromatic heterocycles. The van der Waals surface area contributed by atoms with Gasteiger partial charge in [-0.2, -0.15) is 13.2 Å². The number of carbonyl (C=O) groups is 1. The van der Waals surface area contributed by atoms with E-state index in [0.29, 0.717) is 12.1 Å². The van der Waals surface area contributed by atoms with Crippen LogP contribution >= 0.6 is 12.2 Å². The number of hydrogen-bond donors (Lipinski definition) is 1. The SMILES string of the molecule is C[C@H]1NC(=S)N(c2ccc([N+](=O)[O-])c(C(F)(F)F)c2)C1=O. The number of halogens is 3. The van der Waals surface area contributed by atoms with Crippen molar-refractivity contribution in [3.8, 4) is 0 Å². The summed E-state index contributed by atoms with van der Waals surface area (Å²) in [5.41, 5.74) is -2.68. The number of thiocarbonyl (C=S) groups is 1. The fourth-order valence-corrected chi connectivity index (χ4v) is 2.27. The summed E-state index contributed by atoms with van der Waals surface area (Å²) in [5, 5.41) is 13.2. The Bertz CT molecular complexity index is 647. The molecule has 1 fully saturated rings. The van der Waals surface area contributed by atoms with E-state index in [1.807, 2.05) is 0 Å². The number of carbonyl (C=O) groups excluding carboxylic acids is 1. The van der Waals surface area contributed by atoms with E-state index < -0.39 is 34.3 Å². The molecule has 1 heterocycles. The third-order valence-corrected chi connectivity index (χ3v) is 3.17. The van der Waals surface area contributed by atoms with Gasteiger partial charge >= 0.3 is 6.18 Å². The van der Waals surface area contributed by atoms with Gasteiger partial charge in [0.2, 0.25) is 0 Å². The van der Waals surface area contributed by atoms with Crippen LogP contribution in [0.1, 0.15) is 12.5 Å². The molecule has 1 aromatic rings. The van der Waals surface area contributed by atoms with Gasteiger partial charge in [-0.05, 0) is 31.3 Å². The third-order valence-electron chi connectivity index (χ3n) is 2.87. The zero-order chi connectivity index (χ0) is 15.9. The van der Waals surface area contributed by atoms with Gasteiger partial charge in [0.05, 0.1) is 10.6 Å². The Hall–Kier alpha value is -2.23. The second-order valence-corrected chi connectivity index (χ2v) is 4.69. The zero-order valence-electron chi connectivity index (χ0n) is 10.5. The molecule has 0 spiro atoms. The largest absolute Gasteiger partial charge is 0.423 e. The van der Waals surface area contributed by atoms with Crippen LogP contribution < -0.4 is 10.2 Å². The van der Waals surface area contributed by atoms with E-state index in [1.165, 1.54) is 6.92 Å². The number of nitrogens with one attached hydrogen (secondary N) is 1. The molecule has 0 aliphatic carbocycles. The molecule has 0 saturated carbocycles. The summed E-state index contributed by atoms with van der Waals surface area (Å²) in [6.07, 6.45) is -4.91. The Kier molecular flexibility index (Phi) is 3.58. The van der Waals surface area contributed by atoms with E-state index >= 15 is 0 Å². The summed E-state index contributed by atoms with van der Waals surface area (Å²) < 4.78 is 38.7. The Labute approximate surface area is 121 Å². The second-order valence-electron chi connectivity index (χ2n) is 4.30. The molecule has 1 aromatic carbocycles. The summed E-state index contributed by atoms with van der Waals surface area (Å²) in [6, 6.07) is 1.64. The first-order valence-corrected chi connectivity index (χ1v) is 6.04. The van der Waals surface area contributed by atoms with Gasteiger partial charge in [-0.15, -0.1) is 0 Å². The predicted octanol–water partition coefficient (Wildman–Crippen LogP) is 2.22. The molecule has 112 valence electrons. The standard InChI is InChI=1S/C11H8F3N3O3S/c1-5-9(18)16(10(21)15-5)6-2-3-8(17(19)20)7(4-6)11(12,13)14/h2-5H,1H3,(H,15,21)/t5-/m1/s1. The molecule has 2 rings (SSSR count). The van der Waals surface area contributed by atoms with Crippen LogP contribution in [-0.2, 0) is 11.0 Å². The van der Waals surface area contributed by atoms with Crippen molar-refractivity contribution in [2.75, 3.05) is 4.90 Å². The number of benzene rings is 1. The molecule has 1 aliphatic rings. The molecular formula is C11H8F3N3O3S. The molecule has 1 saturated heterocycles. The van der Waals surface area contributed by atoms with Crippen LogP contribution in [0.3, 0.4) is 0 Å². The zero-order valence-corrected chi connectivity index (χ0v) is 11.3. The predicted molar refractivity (Wildman–Crippen MR) is 70.8 cm³/mol. The molecule has 10 heteroatoms. The van der Waals surface area contributed by atoms with Gasteiger partial charge < -0.3 is 5.32 Å². The van der Waals surface area contributed by atoms with Gasteiger partial charge in [0.1, 0.15) is 11.6 Å². The minimum atomic E-state index is -4.91. The van der Waals surface area contributed by atoms with Crippen LogP contribution in [0.2, 0.25) is 0 Å². The van der Waals surface area contributed by atoms with Crippen LogP contribution in [0.15, 0.2) is 18.2 Å². The molecule has 1 atom stereocenters. The van der Waals surface area contributed by atoms with Crippen molar-refractivity contribution in [1.82, 2.24) is 5.32 Å². The van der Waals surface area contributed by atoms with E-state index in [1.54, 1.807) is 0 Å². The number of nitro groups is 1. The van der Waals surface area contributed by atoms with Crippen molar-refractivity contribution in [3.63, 3.8) is 0 Å². The number of nitro benzene ring substituents is 1. The molecule has 1 N–H and O–H groups in total. The summed E-state index contributed by atoms with van der Waals surface area (Å²) in [4.78, 5) is 22.3. The summed E-state index contributed by atoms with van der Waals surface area (Å²) in [5.74, 6) is -0.526. The minimum absolute atomic E-state index is 0.0468. The van der Waals surface area contributed by atoms with Gasteiger partial charge in [0.15, 0.2) is 5.11 Å². The Balaban J connectivity index is 2.55. The average Bonchev–Trinajstić information content (AvgIpc) is 2.61. The Morgan fingerprint density at radius 1 is 1.43 bits per heavy atom. The van der Waals surface area contributed by atoms with Crippen molar-refractivity contribution in [1.29, 1.82) is 0 Å². The van der Waals surface area contributed by atoms with Crippen LogP contribution in [0.25, 0.3) is 0 Å². The van der Waals surface area contributed by atoms with Crippen LogP contribution in [0, 0.1) is 10.1 Å². The summed E-state index contributed by atoms with van der Waals surface area (Å²) in [6.45, 7) is 1.50. The monoisotopic (exact) mass is 319 g/mol. The number of anilines is 1. The summed E-state index contributed by atoms with van der Waals surface area (Å²) in [7, 11) is 0. The number of nitrogens with zero attached hydrogens (tertiary/aromatic N) is 2. The van der Waals surface area contributed by atoms with E-state index in [2.05, 4.69) is 5.32 Å². The first kappa shape index (κ1) is 15.2. The van der Waals surface area contributed by atoms with Crippen molar-refractivity contribution in [2.24, 2.45) is 0 Å².